The van der Waals surface area contributed by atoms with Crippen molar-refractivity contribution in [3.05, 3.63) is 64.5 Å². The Hall–Kier alpha value is -3.72. The quantitative estimate of drug-likeness (QED) is 0.451. The highest BCUT2D eigenvalue weighted by Crippen LogP contribution is 2.46. The van der Waals surface area contributed by atoms with E-state index in [9.17, 15) is 4.79 Å². The predicted molar refractivity (Wildman–Crippen MR) is 119 cm³/mol. The molecule has 3 aromatic heterocycles. The van der Waals surface area contributed by atoms with Crippen molar-refractivity contribution in [2.45, 2.75) is 19.8 Å². The molecule has 0 bridgehead atoms. The first-order chi connectivity index (χ1) is 15.5. The zero-order valence-electron chi connectivity index (χ0n) is 17.9. The lowest BCUT2D eigenvalue weighted by Gasteiger charge is -2.28. The van der Waals surface area contributed by atoms with Crippen LogP contribution >= 0.6 is 11.3 Å². The molecule has 162 valence electrons. The monoisotopic (exact) mass is 448 g/mol. The van der Waals surface area contributed by atoms with Crippen LogP contribution < -0.4 is 14.2 Å². The second kappa shape index (κ2) is 7.76. The molecule has 1 atom stereocenters. The number of thiophene rings is 1. The van der Waals surface area contributed by atoms with Crippen LogP contribution in [0.3, 0.4) is 0 Å². The van der Waals surface area contributed by atoms with Crippen molar-refractivity contribution < 1.29 is 19.0 Å². The number of Topliss-reactive ketones (excluding diaryl/α,β-unsaturated/α-hetero) is 1. The minimum atomic E-state index is -0.451. The average molecular weight is 449 g/mol. The number of hydrogen-bond donors (Lipinski definition) is 0. The lowest BCUT2D eigenvalue weighted by molar-refractivity contribution is -0.114. The number of benzene rings is 1. The molecule has 1 aliphatic rings. The minimum absolute atomic E-state index is 0.0899. The Morgan fingerprint density at radius 3 is 2.69 bits per heavy atom. The molecule has 1 aliphatic heterocycles. The lowest BCUT2D eigenvalue weighted by Crippen LogP contribution is -2.22. The largest absolute Gasteiger partial charge is 0.493 e. The summed E-state index contributed by atoms with van der Waals surface area (Å²) in [5, 5.41) is 6.57. The number of carbonyl (C=O) groups is 1. The van der Waals surface area contributed by atoms with Crippen LogP contribution in [-0.4, -0.2) is 39.6 Å². The Bertz CT molecular complexity index is 1370. The van der Waals surface area contributed by atoms with Gasteiger partial charge in [0.2, 0.25) is 5.88 Å². The highest BCUT2D eigenvalue weighted by molar-refractivity contribution is 7.13. The van der Waals surface area contributed by atoms with Gasteiger partial charge < -0.3 is 14.2 Å². The van der Waals surface area contributed by atoms with Gasteiger partial charge in [-0.15, -0.1) is 16.4 Å². The number of hydrogen-bond acceptors (Lipinski definition) is 8. The summed E-state index contributed by atoms with van der Waals surface area (Å²) in [5.74, 6) is 2.15. The van der Waals surface area contributed by atoms with Crippen LogP contribution in [0.2, 0.25) is 0 Å². The second-order valence-corrected chi connectivity index (χ2v) is 8.27. The van der Waals surface area contributed by atoms with Gasteiger partial charge in [0.05, 0.1) is 30.6 Å². The fourth-order valence-electron chi connectivity index (χ4n) is 4.07. The molecule has 0 amide bonds. The van der Waals surface area contributed by atoms with Crippen LogP contribution in [0.4, 0.5) is 0 Å². The van der Waals surface area contributed by atoms with E-state index in [0.29, 0.717) is 45.7 Å². The number of carbonyl (C=O) groups excluding carboxylic acids is 1. The maximum absolute atomic E-state index is 12.8. The number of fused-ring (bicyclic) bond motifs is 3. The zero-order chi connectivity index (χ0) is 22.4. The van der Waals surface area contributed by atoms with Gasteiger partial charge in [-0.2, -0.15) is 0 Å². The highest BCUT2D eigenvalue weighted by Gasteiger charge is 2.36. The summed E-state index contributed by atoms with van der Waals surface area (Å²) in [6, 6.07) is 9.53. The molecular formula is C23H20N4O4S. The summed E-state index contributed by atoms with van der Waals surface area (Å²) < 4.78 is 18.5. The van der Waals surface area contributed by atoms with E-state index in [-0.39, 0.29) is 5.78 Å². The first kappa shape index (κ1) is 20.2. The molecule has 1 aromatic carbocycles. The van der Waals surface area contributed by atoms with E-state index in [1.165, 1.54) is 6.92 Å². The number of allylic oxidation sites excluding steroid dienone is 2. The van der Waals surface area contributed by atoms with Gasteiger partial charge in [0, 0.05) is 5.57 Å². The molecule has 0 radical (unpaired) electrons. The predicted octanol–water partition coefficient (Wildman–Crippen LogP) is 4.26. The van der Waals surface area contributed by atoms with Crippen molar-refractivity contribution in [2.24, 2.45) is 0 Å². The third-order valence-electron chi connectivity index (χ3n) is 5.46. The summed E-state index contributed by atoms with van der Waals surface area (Å²) in [6.07, 6.45) is 1.58. The van der Waals surface area contributed by atoms with Gasteiger partial charge in [0.25, 0.3) is 0 Å². The van der Waals surface area contributed by atoms with Gasteiger partial charge in [-0.3, -0.25) is 4.79 Å². The molecule has 1 unspecified atom stereocenters. The van der Waals surface area contributed by atoms with Gasteiger partial charge in [0.1, 0.15) is 12.1 Å². The minimum Gasteiger partial charge on any atom is -0.493 e. The molecule has 0 aliphatic carbocycles. The standard InChI is InChI=1S/C23H20N4O4S/c1-12(28)18-13(2)31-23-20(19(18)14-7-8-15(29-3)16(10-14)30-4)22-25-21(17-6-5-9-32-17)26-27(22)11-24-23/h5-11,19H,1-4H3. The molecule has 0 fully saturated rings. The summed E-state index contributed by atoms with van der Waals surface area (Å²) in [7, 11) is 3.17. The first-order valence-electron chi connectivity index (χ1n) is 9.92. The summed E-state index contributed by atoms with van der Waals surface area (Å²) in [6.45, 7) is 3.32. The molecule has 4 heterocycles. The normalized spacial score (nSPS) is 15.4. The summed E-state index contributed by atoms with van der Waals surface area (Å²) in [5.41, 5.74) is 2.66. The van der Waals surface area contributed by atoms with E-state index in [1.807, 2.05) is 35.7 Å². The Kier molecular flexibility index (Phi) is 4.90. The van der Waals surface area contributed by atoms with Crippen molar-refractivity contribution in [3.63, 3.8) is 0 Å². The first-order valence-corrected chi connectivity index (χ1v) is 10.8. The van der Waals surface area contributed by atoms with Crippen molar-refractivity contribution in [1.29, 1.82) is 0 Å². The fraction of sp³-hybridized carbons (Fsp3) is 0.217. The summed E-state index contributed by atoms with van der Waals surface area (Å²) in [4.78, 5) is 23.0. The maximum Gasteiger partial charge on any atom is 0.228 e. The van der Waals surface area contributed by atoms with E-state index in [0.717, 1.165) is 10.4 Å². The lowest BCUT2D eigenvalue weighted by atomic mass is 9.81. The SMILES string of the molecule is COc1ccc(C2C(C(C)=O)=C(C)Oc3ncn4nc(-c5cccs5)nc4c32)cc1OC. The Balaban J connectivity index is 1.78. The van der Waals surface area contributed by atoms with Crippen molar-refractivity contribution in [2.75, 3.05) is 14.2 Å². The van der Waals surface area contributed by atoms with Crippen molar-refractivity contribution in [1.82, 2.24) is 19.6 Å². The van der Waals surface area contributed by atoms with Crippen molar-refractivity contribution in [3.8, 4) is 28.1 Å². The van der Waals surface area contributed by atoms with Crippen LogP contribution in [-0.2, 0) is 4.79 Å². The molecule has 0 spiro atoms. The summed E-state index contributed by atoms with van der Waals surface area (Å²) >= 11 is 1.56. The topological polar surface area (TPSA) is 87.8 Å². The van der Waals surface area contributed by atoms with Crippen LogP contribution in [0.5, 0.6) is 17.4 Å². The third kappa shape index (κ3) is 3.13. The number of ether oxygens (including phenoxy) is 3. The zero-order valence-corrected chi connectivity index (χ0v) is 18.8. The maximum atomic E-state index is 12.8. The van der Waals surface area contributed by atoms with Gasteiger partial charge in [0.15, 0.2) is 28.8 Å². The number of methoxy groups -OCH3 is 2. The average Bonchev–Trinajstić information content (AvgIpc) is 3.47. The van der Waals surface area contributed by atoms with Crippen LogP contribution in [0.1, 0.15) is 30.9 Å². The molecule has 32 heavy (non-hydrogen) atoms. The smallest absolute Gasteiger partial charge is 0.228 e. The number of nitrogens with zero attached hydrogens (tertiary/aromatic N) is 4. The Labute approximate surface area is 188 Å². The number of rotatable bonds is 5. The molecule has 0 saturated carbocycles. The Morgan fingerprint density at radius 1 is 1.19 bits per heavy atom. The molecule has 9 heteroatoms. The fourth-order valence-corrected chi connectivity index (χ4v) is 4.72. The van der Waals surface area contributed by atoms with Gasteiger partial charge in [-0.25, -0.2) is 14.5 Å². The van der Waals surface area contributed by atoms with Crippen LogP contribution in [0.15, 0.2) is 53.4 Å². The molecule has 5 rings (SSSR count). The van der Waals surface area contributed by atoms with E-state index >= 15 is 0 Å². The molecule has 0 saturated heterocycles. The molecule has 8 nitrogen and oxygen atoms in total. The molecular weight excluding hydrogens is 428 g/mol. The van der Waals surface area contributed by atoms with Crippen LogP contribution in [0, 0.1) is 0 Å². The second-order valence-electron chi connectivity index (χ2n) is 7.32. The van der Waals surface area contributed by atoms with Crippen molar-refractivity contribution >= 4 is 22.8 Å². The number of aromatic nitrogens is 4. The van der Waals surface area contributed by atoms with E-state index in [1.54, 1.807) is 43.3 Å². The third-order valence-corrected chi connectivity index (χ3v) is 6.32. The number of ketones is 1. The van der Waals surface area contributed by atoms with E-state index in [4.69, 9.17) is 19.2 Å². The van der Waals surface area contributed by atoms with Crippen LogP contribution in [0.25, 0.3) is 16.3 Å². The van der Waals surface area contributed by atoms with E-state index in [2.05, 4.69) is 10.1 Å². The Morgan fingerprint density at radius 2 is 2.00 bits per heavy atom. The van der Waals surface area contributed by atoms with Gasteiger partial charge in [-0.1, -0.05) is 12.1 Å². The molecule has 4 aromatic rings. The van der Waals surface area contributed by atoms with Gasteiger partial charge >= 0.3 is 0 Å². The van der Waals surface area contributed by atoms with Gasteiger partial charge in [-0.05, 0) is 43.0 Å². The highest BCUT2D eigenvalue weighted by atomic mass is 32.1. The van der Waals surface area contributed by atoms with E-state index < -0.39 is 5.92 Å². The molecule has 0 N–H and O–H groups in total.